The smallest absolute Gasteiger partial charge is 0.748 e. The minimum absolute atomic E-state index is 0. The van der Waals surface area contributed by atoms with Gasteiger partial charge >= 0.3 is 29.6 Å². The summed E-state index contributed by atoms with van der Waals surface area (Å²) in [4.78, 5) is 15.3. The number of azo groups is 2. The fourth-order valence-electron chi connectivity index (χ4n) is 6.78. The Balaban J connectivity index is 0.00000845. The Morgan fingerprint density at radius 3 is 2.08 bits per heavy atom. The first kappa shape index (κ1) is 50.0. The number of nitrogens with one attached hydrogen (secondary N) is 1. The minimum Gasteiger partial charge on any atom is -0.748 e. The van der Waals surface area contributed by atoms with Gasteiger partial charge in [-0.1, -0.05) is 84.0 Å². The molecule has 2 N–H and O–H groups in total. The average molecular weight is 871 g/mol. The van der Waals surface area contributed by atoms with Gasteiger partial charge in [0.05, 0.1) is 50.8 Å². The number of hydrogen-bond acceptors (Lipinski definition) is 11. The first-order valence-corrected chi connectivity index (χ1v) is 22.6. The summed E-state index contributed by atoms with van der Waals surface area (Å²) in [7, 11) is -4.33. The van der Waals surface area contributed by atoms with Crippen molar-refractivity contribution in [2.45, 2.75) is 91.9 Å². The summed E-state index contributed by atoms with van der Waals surface area (Å²) in [6, 6.07) is 27.9. The van der Waals surface area contributed by atoms with Gasteiger partial charge in [-0.2, -0.15) is 15.3 Å². The third-order valence-corrected chi connectivity index (χ3v) is 12.2. The number of phenols is 1. The van der Waals surface area contributed by atoms with Crippen LogP contribution in [0.4, 0.5) is 28.4 Å². The number of amides is 1. The number of phenolic OH excluding ortho intramolecular Hbond substituents is 1. The molecule has 1 amide bonds. The van der Waals surface area contributed by atoms with Crippen molar-refractivity contribution in [1.29, 1.82) is 0 Å². The Morgan fingerprint density at radius 1 is 0.790 bits per heavy atom. The number of unbranched alkanes of at least 4 members (excludes halogenated alkanes) is 1. The van der Waals surface area contributed by atoms with E-state index in [2.05, 4.69) is 85.5 Å². The largest absolute Gasteiger partial charge is 1.00 e. The Bertz CT molecular complexity index is 2510. The molecule has 0 bridgehead atoms. The minimum atomic E-state index is -4.33. The van der Waals surface area contributed by atoms with E-state index in [0.29, 0.717) is 59.6 Å². The Kier molecular flexibility index (Phi) is 17.8. The zero-order valence-corrected chi connectivity index (χ0v) is 40.5. The normalized spacial score (nSPS) is 12.2. The molecule has 0 aliphatic carbocycles. The van der Waals surface area contributed by atoms with Crippen LogP contribution in [0.15, 0.2) is 111 Å². The number of aryl methyl sites for hydroxylation is 1. The molecule has 5 aromatic rings. The summed E-state index contributed by atoms with van der Waals surface area (Å²) >= 11 is 0. The Morgan fingerprint density at radius 2 is 1.45 bits per heavy atom. The topological polar surface area (TPSA) is 168 Å². The van der Waals surface area contributed by atoms with Gasteiger partial charge in [0.25, 0.3) is 5.91 Å². The molecule has 0 aromatic heterocycles. The molecule has 0 aliphatic rings. The van der Waals surface area contributed by atoms with E-state index in [1.54, 1.807) is 48.5 Å². The number of nitrogens with zero attached hydrogens (tertiary/aromatic N) is 5. The molecular formula is C48H59N6NaO6S. The molecular weight excluding hydrogens is 812 g/mol. The predicted molar refractivity (Wildman–Crippen MR) is 244 cm³/mol. The molecule has 14 heteroatoms. The Labute approximate surface area is 389 Å². The van der Waals surface area contributed by atoms with E-state index in [1.165, 1.54) is 11.1 Å². The monoisotopic (exact) mass is 870 g/mol. The van der Waals surface area contributed by atoms with Crippen LogP contribution < -0.4 is 44.5 Å². The van der Waals surface area contributed by atoms with E-state index in [9.17, 15) is 22.9 Å². The number of fused-ring (bicyclic) bond motifs is 1. The fraction of sp³-hybridized carbons (Fsp3) is 0.396. The summed E-state index contributed by atoms with van der Waals surface area (Å²) in [6.45, 7) is 18.8. The maximum atomic E-state index is 13.5. The zero-order valence-electron chi connectivity index (χ0n) is 37.7. The number of carbonyl (C=O) groups excluding carboxylic acids is 1. The van der Waals surface area contributed by atoms with Crippen LogP contribution in [-0.4, -0.2) is 56.0 Å². The van der Waals surface area contributed by atoms with Crippen molar-refractivity contribution >= 4 is 55.2 Å². The molecule has 0 saturated heterocycles. The van der Waals surface area contributed by atoms with Gasteiger partial charge in [0.2, 0.25) is 0 Å². The van der Waals surface area contributed by atoms with Crippen molar-refractivity contribution in [1.82, 2.24) is 5.32 Å². The molecule has 0 fully saturated rings. The zero-order chi connectivity index (χ0) is 44.4. The second kappa shape index (κ2) is 22.1. The van der Waals surface area contributed by atoms with Crippen LogP contribution in [0.3, 0.4) is 0 Å². The molecule has 5 rings (SSSR count). The second-order valence-electron chi connectivity index (χ2n) is 16.6. The SMILES string of the molecule is CCN(CCS(=O)(=O)[O-])c1ccc(N=Nc2cccc(N=Nc3cc(C(=O)NCCCCOc4ccc(C(C)(C)CC)cc4C(C)(C)CC)c(O)c4ccccc34)c2)c(C)c1.[Na+]. The van der Waals surface area contributed by atoms with Crippen LogP contribution in [0.25, 0.3) is 10.8 Å². The number of anilines is 1. The van der Waals surface area contributed by atoms with Gasteiger partial charge in [-0.25, -0.2) is 8.42 Å². The summed E-state index contributed by atoms with van der Waals surface area (Å²) in [6.07, 6.45) is 3.46. The van der Waals surface area contributed by atoms with Crippen molar-refractivity contribution in [2.75, 3.05) is 36.9 Å². The molecule has 0 saturated carbocycles. The van der Waals surface area contributed by atoms with Crippen LogP contribution in [0.1, 0.15) is 101 Å². The molecule has 0 heterocycles. The van der Waals surface area contributed by atoms with Gasteiger partial charge < -0.3 is 24.6 Å². The van der Waals surface area contributed by atoms with Crippen molar-refractivity contribution in [3.8, 4) is 11.5 Å². The van der Waals surface area contributed by atoms with Gasteiger partial charge in [-0.3, -0.25) is 4.79 Å². The summed E-state index contributed by atoms with van der Waals surface area (Å²) in [5.41, 5.74) is 6.37. The van der Waals surface area contributed by atoms with E-state index < -0.39 is 21.8 Å². The van der Waals surface area contributed by atoms with Gasteiger partial charge in [0.1, 0.15) is 11.5 Å². The Hall–Kier alpha value is -4.66. The summed E-state index contributed by atoms with van der Waals surface area (Å²) in [5, 5.41) is 33.1. The van der Waals surface area contributed by atoms with E-state index in [-0.39, 0.29) is 58.2 Å². The van der Waals surface area contributed by atoms with E-state index in [0.717, 1.165) is 36.3 Å². The predicted octanol–water partition coefficient (Wildman–Crippen LogP) is 9.02. The molecule has 0 unspecified atom stereocenters. The third kappa shape index (κ3) is 13.2. The molecule has 62 heavy (non-hydrogen) atoms. The second-order valence-corrected chi connectivity index (χ2v) is 18.1. The van der Waals surface area contributed by atoms with E-state index in [4.69, 9.17) is 4.74 Å². The van der Waals surface area contributed by atoms with Crippen molar-refractivity contribution < 1.29 is 57.2 Å². The molecule has 0 radical (unpaired) electrons. The van der Waals surface area contributed by atoms with Crippen molar-refractivity contribution in [3.05, 3.63) is 113 Å². The molecule has 0 spiro atoms. The average Bonchev–Trinajstić information content (AvgIpc) is 3.24. The van der Waals surface area contributed by atoms with E-state index >= 15 is 0 Å². The molecule has 0 aliphatic heterocycles. The van der Waals surface area contributed by atoms with Crippen LogP contribution in [0.2, 0.25) is 0 Å². The van der Waals surface area contributed by atoms with Gasteiger partial charge in [-0.05, 0) is 110 Å². The van der Waals surface area contributed by atoms with Crippen LogP contribution in [-0.2, 0) is 20.9 Å². The van der Waals surface area contributed by atoms with Crippen molar-refractivity contribution in [2.24, 2.45) is 20.5 Å². The quantitative estimate of drug-likeness (QED) is 0.0341. The number of rotatable bonds is 20. The molecule has 12 nitrogen and oxygen atoms in total. The maximum absolute atomic E-state index is 13.5. The van der Waals surface area contributed by atoms with Crippen LogP contribution in [0.5, 0.6) is 11.5 Å². The maximum Gasteiger partial charge on any atom is 1.00 e. The number of ether oxygens (including phenoxy) is 1. The van der Waals surface area contributed by atoms with Crippen molar-refractivity contribution in [3.63, 3.8) is 0 Å². The summed E-state index contributed by atoms with van der Waals surface area (Å²) in [5.74, 6) is -0.107. The van der Waals surface area contributed by atoms with Gasteiger partial charge in [0, 0.05) is 41.7 Å². The van der Waals surface area contributed by atoms with Gasteiger partial charge in [-0.15, -0.1) is 5.11 Å². The third-order valence-electron chi connectivity index (χ3n) is 11.5. The van der Waals surface area contributed by atoms with Gasteiger partial charge in [0.15, 0.2) is 0 Å². The molecule has 324 valence electrons. The number of carbonyl (C=O) groups is 1. The van der Waals surface area contributed by atoms with E-state index in [1.807, 2.05) is 43.0 Å². The fourth-order valence-corrected chi connectivity index (χ4v) is 7.23. The molecule has 0 atom stereocenters. The summed E-state index contributed by atoms with van der Waals surface area (Å²) < 4.78 is 39.8. The standard InChI is InChI=1S/C48H60N6O6S.Na/c1-9-47(5,6)34-21-24-44(41(30-34)48(7,8)10-2)60-27-15-14-25-49-46(56)40-32-43(38-19-12-13-20-39(38)45(40)55)53-51-36-18-16-17-35(31-36)50-52-42-23-22-37(29-33(42)4)54(11-3)26-28-61(57,58)59;/h12-13,16-24,29-32,55H,9-11,14-15,25-28H2,1-8H3,(H,49,56)(H,57,58,59);/q;+1/p-1. The first-order chi connectivity index (χ1) is 29.0. The van der Waals surface area contributed by atoms with Crippen LogP contribution in [0, 0.1) is 6.92 Å². The molecule has 5 aromatic carbocycles. The number of aromatic hydroxyl groups is 1. The first-order valence-electron chi connectivity index (χ1n) is 21.0. The van der Waals surface area contributed by atoms with Crippen LogP contribution >= 0.6 is 0 Å². The number of hydrogen-bond donors (Lipinski definition) is 2. The number of benzene rings is 5.